The first-order valence-electron chi connectivity index (χ1n) is 4.20. The number of hydrogen-bond acceptors (Lipinski definition) is 2. The van der Waals surface area contributed by atoms with E-state index in [9.17, 15) is 0 Å². The first-order valence-corrected chi connectivity index (χ1v) is 4.20. The lowest BCUT2D eigenvalue weighted by Crippen LogP contribution is -1.87. The fourth-order valence-electron chi connectivity index (χ4n) is 1.26. The molecule has 1 aromatic carbocycles. The van der Waals surface area contributed by atoms with Gasteiger partial charge in [0.1, 0.15) is 0 Å². The molecule has 0 saturated heterocycles. The van der Waals surface area contributed by atoms with Crippen LogP contribution in [0.25, 0.3) is 0 Å². The van der Waals surface area contributed by atoms with Crippen LogP contribution >= 0.6 is 0 Å². The minimum Gasteiger partial charge on any atom is -0.472 e. The van der Waals surface area contributed by atoms with E-state index in [2.05, 4.69) is 0 Å². The van der Waals surface area contributed by atoms with Gasteiger partial charge in [0.25, 0.3) is 0 Å². The first-order chi connectivity index (χ1) is 6.34. The number of anilines is 1. The molecule has 0 aliphatic heterocycles. The van der Waals surface area contributed by atoms with Crippen molar-refractivity contribution in [2.24, 2.45) is 0 Å². The quantitative estimate of drug-likeness (QED) is 0.708. The maximum atomic E-state index is 5.58. The Morgan fingerprint density at radius 1 is 1.00 bits per heavy atom. The zero-order valence-corrected chi connectivity index (χ0v) is 7.23. The number of hydrogen-bond donors (Lipinski definition) is 1. The summed E-state index contributed by atoms with van der Waals surface area (Å²) in [5.41, 5.74) is 8.81. The Balaban J connectivity index is 2.15. The molecule has 2 N–H and O–H groups in total. The SMILES string of the molecule is Nc1ccc(Cc2ccoc2)cc1. The van der Waals surface area contributed by atoms with Crippen LogP contribution in [0.2, 0.25) is 0 Å². The molecule has 0 radical (unpaired) electrons. The summed E-state index contributed by atoms with van der Waals surface area (Å²) in [6.07, 6.45) is 4.35. The third-order valence-electron chi connectivity index (χ3n) is 1.97. The normalized spacial score (nSPS) is 10.2. The Morgan fingerprint density at radius 3 is 2.38 bits per heavy atom. The van der Waals surface area contributed by atoms with Gasteiger partial charge in [0.05, 0.1) is 12.5 Å². The van der Waals surface area contributed by atoms with Gasteiger partial charge in [-0.2, -0.15) is 0 Å². The van der Waals surface area contributed by atoms with E-state index in [1.807, 2.05) is 30.3 Å². The van der Waals surface area contributed by atoms with Crippen molar-refractivity contribution in [1.82, 2.24) is 0 Å². The van der Waals surface area contributed by atoms with E-state index in [0.717, 1.165) is 12.1 Å². The van der Waals surface area contributed by atoms with Gasteiger partial charge in [-0.15, -0.1) is 0 Å². The number of nitrogen functional groups attached to an aromatic ring is 1. The van der Waals surface area contributed by atoms with Gasteiger partial charge < -0.3 is 10.2 Å². The molecule has 0 atom stereocenters. The average Bonchev–Trinajstić information content (AvgIpc) is 2.62. The summed E-state index contributed by atoms with van der Waals surface area (Å²) < 4.78 is 4.99. The molecule has 2 rings (SSSR count). The molecule has 2 nitrogen and oxygen atoms in total. The van der Waals surface area contributed by atoms with Crippen LogP contribution in [-0.2, 0) is 6.42 Å². The van der Waals surface area contributed by atoms with E-state index in [1.54, 1.807) is 12.5 Å². The van der Waals surface area contributed by atoms with Crippen LogP contribution in [0.1, 0.15) is 11.1 Å². The Labute approximate surface area is 77.0 Å². The Bertz CT molecular complexity index is 361. The molecule has 0 aliphatic rings. The van der Waals surface area contributed by atoms with E-state index in [0.29, 0.717) is 0 Å². The number of furan rings is 1. The van der Waals surface area contributed by atoms with Gasteiger partial charge >= 0.3 is 0 Å². The highest BCUT2D eigenvalue weighted by Gasteiger charge is 1.96. The summed E-state index contributed by atoms with van der Waals surface area (Å²) in [4.78, 5) is 0. The van der Waals surface area contributed by atoms with E-state index in [1.165, 1.54) is 11.1 Å². The van der Waals surface area contributed by atoms with Gasteiger partial charge in [-0.1, -0.05) is 12.1 Å². The lowest BCUT2D eigenvalue weighted by Gasteiger charge is -1.98. The second-order valence-corrected chi connectivity index (χ2v) is 3.05. The van der Waals surface area contributed by atoms with Crippen molar-refractivity contribution in [1.29, 1.82) is 0 Å². The van der Waals surface area contributed by atoms with Crippen molar-refractivity contribution < 1.29 is 4.42 Å². The molecule has 0 spiro atoms. The largest absolute Gasteiger partial charge is 0.472 e. The summed E-state index contributed by atoms with van der Waals surface area (Å²) in [7, 11) is 0. The van der Waals surface area contributed by atoms with Crippen molar-refractivity contribution in [2.45, 2.75) is 6.42 Å². The standard InChI is InChI=1S/C11H11NO/c12-11-3-1-9(2-4-11)7-10-5-6-13-8-10/h1-6,8H,7,12H2. The summed E-state index contributed by atoms with van der Waals surface area (Å²) in [5, 5.41) is 0. The van der Waals surface area contributed by atoms with Crippen molar-refractivity contribution in [3.8, 4) is 0 Å². The van der Waals surface area contributed by atoms with Crippen LogP contribution in [0.3, 0.4) is 0 Å². The van der Waals surface area contributed by atoms with Crippen molar-refractivity contribution in [3.63, 3.8) is 0 Å². The van der Waals surface area contributed by atoms with Gasteiger partial charge in [-0.05, 0) is 29.3 Å². The number of nitrogens with two attached hydrogens (primary N) is 1. The smallest absolute Gasteiger partial charge is 0.0937 e. The average molecular weight is 173 g/mol. The van der Waals surface area contributed by atoms with Gasteiger partial charge in [-0.25, -0.2) is 0 Å². The maximum absolute atomic E-state index is 5.58. The fraction of sp³-hybridized carbons (Fsp3) is 0.0909. The third kappa shape index (κ3) is 1.90. The zero-order valence-electron chi connectivity index (χ0n) is 7.23. The van der Waals surface area contributed by atoms with Crippen LogP contribution in [-0.4, -0.2) is 0 Å². The van der Waals surface area contributed by atoms with Crippen LogP contribution in [0, 0.1) is 0 Å². The Kier molecular flexibility index (Phi) is 2.04. The van der Waals surface area contributed by atoms with Gasteiger partial charge in [0.2, 0.25) is 0 Å². The predicted molar refractivity (Wildman–Crippen MR) is 52.4 cm³/mol. The van der Waals surface area contributed by atoms with E-state index in [-0.39, 0.29) is 0 Å². The van der Waals surface area contributed by atoms with E-state index in [4.69, 9.17) is 10.2 Å². The molecule has 0 amide bonds. The monoisotopic (exact) mass is 173 g/mol. The fourth-order valence-corrected chi connectivity index (χ4v) is 1.26. The lowest BCUT2D eigenvalue weighted by molar-refractivity contribution is 0.564. The second kappa shape index (κ2) is 3.35. The Morgan fingerprint density at radius 2 is 1.77 bits per heavy atom. The molecular formula is C11H11NO. The molecular weight excluding hydrogens is 162 g/mol. The highest BCUT2D eigenvalue weighted by Crippen LogP contribution is 2.11. The highest BCUT2D eigenvalue weighted by atomic mass is 16.3. The van der Waals surface area contributed by atoms with Crippen molar-refractivity contribution in [3.05, 3.63) is 54.0 Å². The number of benzene rings is 1. The minimum absolute atomic E-state index is 0.802. The van der Waals surface area contributed by atoms with Crippen molar-refractivity contribution >= 4 is 5.69 Å². The van der Waals surface area contributed by atoms with Gasteiger partial charge in [-0.3, -0.25) is 0 Å². The highest BCUT2D eigenvalue weighted by molar-refractivity contribution is 5.40. The molecule has 0 aliphatic carbocycles. The molecule has 2 heteroatoms. The number of rotatable bonds is 2. The summed E-state index contributed by atoms with van der Waals surface area (Å²) in [5.74, 6) is 0. The second-order valence-electron chi connectivity index (χ2n) is 3.05. The van der Waals surface area contributed by atoms with Crippen LogP contribution in [0.4, 0.5) is 5.69 Å². The van der Waals surface area contributed by atoms with Crippen molar-refractivity contribution in [2.75, 3.05) is 5.73 Å². The first kappa shape index (κ1) is 7.92. The van der Waals surface area contributed by atoms with E-state index >= 15 is 0 Å². The maximum Gasteiger partial charge on any atom is 0.0937 e. The van der Waals surface area contributed by atoms with Crippen LogP contribution in [0.15, 0.2) is 47.3 Å². The zero-order chi connectivity index (χ0) is 9.10. The van der Waals surface area contributed by atoms with E-state index < -0.39 is 0 Å². The van der Waals surface area contributed by atoms with Gasteiger partial charge in [0, 0.05) is 12.1 Å². The molecule has 1 aromatic heterocycles. The Hall–Kier alpha value is -1.70. The molecule has 0 unspecified atom stereocenters. The third-order valence-corrected chi connectivity index (χ3v) is 1.97. The van der Waals surface area contributed by atoms with Gasteiger partial charge in [0.15, 0.2) is 0 Å². The molecule has 1 heterocycles. The topological polar surface area (TPSA) is 39.2 Å². The summed E-state index contributed by atoms with van der Waals surface area (Å²) in [6.45, 7) is 0. The molecule has 66 valence electrons. The molecule has 0 fully saturated rings. The lowest BCUT2D eigenvalue weighted by atomic mass is 10.1. The van der Waals surface area contributed by atoms with Crippen LogP contribution in [0.5, 0.6) is 0 Å². The summed E-state index contributed by atoms with van der Waals surface area (Å²) in [6, 6.07) is 9.85. The minimum atomic E-state index is 0.802. The van der Waals surface area contributed by atoms with Crippen LogP contribution < -0.4 is 5.73 Å². The molecule has 0 saturated carbocycles. The predicted octanol–water partition coefficient (Wildman–Crippen LogP) is 2.45. The molecule has 13 heavy (non-hydrogen) atoms. The molecule has 0 bridgehead atoms. The summed E-state index contributed by atoms with van der Waals surface area (Å²) >= 11 is 0. The molecule has 2 aromatic rings.